The minimum atomic E-state index is -4.64. The fraction of sp³-hybridized carbons (Fsp3) is 0.500. The standard InChI is InChI=1S/C6H8O7.4K.H3O4P.4H/c7-3(8)1-6(13,5(11)12)2-4(9)10;;;;;1-5(2,3)4;;;;/h13H,1-2H2,(H,7,8)(H,9,10)(H,11,12);;;;;(H3,1,2,3,4);;;;. The zero-order valence-electron chi connectivity index (χ0n) is 8.62. The summed E-state index contributed by atoms with van der Waals surface area (Å²) in [7, 11) is -4.64. The molecule has 0 aromatic rings. The van der Waals surface area contributed by atoms with Crippen LogP contribution in [0.25, 0.3) is 0 Å². The number of rotatable bonds is 5. The summed E-state index contributed by atoms with van der Waals surface area (Å²) in [5.41, 5.74) is -2.74. The molecule has 0 spiro atoms. The van der Waals surface area contributed by atoms with Crippen molar-refractivity contribution in [3.05, 3.63) is 0 Å². The first kappa shape index (κ1) is 41.4. The monoisotopic (exact) mass is 450 g/mol. The number of aliphatic carboxylic acids is 3. The van der Waals surface area contributed by atoms with E-state index in [0.717, 1.165) is 0 Å². The van der Waals surface area contributed by atoms with E-state index in [0.29, 0.717) is 0 Å². The van der Waals surface area contributed by atoms with Crippen LogP contribution in [0.4, 0.5) is 0 Å². The van der Waals surface area contributed by atoms with Gasteiger partial charge in [0.05, 0.1) is 12.8 Å². The van der Waals surface area contributed by atoms with Crippen LogP contribution in [0, 0.1) is 0 Å². The van der Waals surface area contributed by atoms with Gasteiger partial charge < -0.3 is 35.1 Å². The average Bonchev–Trinajstić information content (AvgIpc) is 1.95. The van der Waals surface area contributed by atoms with Crippen LogP contribution in [0.15, 0.2) is 0 Å². The van der Waals surface area contributed by atoms with Crippen molar-refractivity contribution in [1.82, 2.24) is 0 Å². The van der Waals surface area contributed by atoms with Crippen LogP contribution in [0.2, 0.25) is 0 Å². The van der Waals surface area contributed by atoms with Gasteiger partial charge in [-0.05, 0) is 0 Å². The van der Waals surface area contributed by atoms with Gasteiger partial charge in [0, 0.05) is 0 Å². The number of hydrogen-bond acceptors (Lipinski definition) is 5. The van der Waals surface area contributed by atoms with Gasteiger partial charge in [0.15, 0.2) is 5.60 Å². The van der Waals surface area contributed by atoms with Gasteiger partial charge in [-0.15, -0.1) is 0 Å². The molecule has 11 nitrogen and oxygen atoms in total. The van der Waals surface area contributed by atoms with E-state index in [1.165, 1.54) is 0 Å². The Bertz CT molecular complexity index is 359. The third-order valence-corrected chi connectivity index (χ3v) is 1.29. The number of carbonyl (C=O) groups is 3. The Kier molecular flexibility index (Phi) is 39.1. The first-order chi connectivity index (χ1) is 7.78. The summed E-state index contributed by atoms with van der Waals surface area (Å²) < 4.78 is 8.88. The summed E-state index contributed by atoms with van der Waals surface area (Å²) >= 11 is 0. The molecule has 0 unspecified atom stereocenters. The van der Waals surface area contributed by atoms with Gasteiger partial charge in [-0.1, -0.05) is 0 Å². The van der Waals surface area contributed by atoms with Gasteiger partial charge in [0.1, 0.15) is 0 Å². The molecule has 0 aliphatic heterocycles. The molecule has 0 fully saturated rings. The van der Waals surface area contributed by atoms with Gasteiger partial charge in [-0.2, -0.15) is 0 Å². The van der Waals surface area contributed by atoms with Crippen molar-refractivity contribution in [1.29, 1.82) is 0 Å². The molecular weight excluding hydrogens is 435 g/mol. The second-order valence-electron chi connectivity index (χ2n) is 2.99. The van der Waals surface area contributed by atoms with Crippen LogP contribution in [0.5, 0.6) is 0 Å². The molecule has 0 aliphatic carbocycles. The van der Waals surface area contributed by atoms with Crippen molar-refractivity contribution in [2.75, 3.05) is 0 Å². The van der Waals surface area contributed by atoms with Crippen LogP contribution in [-0.2, 0) is 18.9 Å². The predicted octanol–water partition coefficient (Wildman–Crippen LogP) is -4.77. The van der Waals surface area contributed by atoms with E-state index < -0.39 is 44.2 Å². The summed E-state index contributed by atoms with van der Waals surface area (Å²) in [4.78, 5) is 52.0. The zero-order valence-corrected chi connectivity index (χ0v) is 9.52. The van der Waals surface area contributed by atoms with E-state index in [4.69, 9.17) is 39.7 Å². The second kappa shape index (κ2) is 20.8. The summed E-state index contributed by atoms with van der Waals surface area (Å²) in [6, 6.07) is 0. The quantitative estimate of drug-likeness (QED) is 0.156. The van der Waals surface area contributed by atoms with Gasteiger partial charge >= 0.3 is 231 Å². The number of phosphoric acid groups is 1. The fourth-order valence-corrected chi connectivity index (χ4v) is 0.714. The Morgan fingerprint density at radius 1 is 0.773 bits per heavy atom. The van der Waals surface area contributed by atoms with E-state index in [1.54, 1.807) is 0 Å². The molecule has 0 amide bonds. The van der Waals surface area contributed by atoms with E-state index in [1.807, 2.05) is 0 Å². The van der Waals surface area contributed by atoms with E-state index in [-0.39, 0.29) is 206 Å². The van der Waals surface area contributed by atoms with E-state index >= 15 is 0 Å². The fourth-order valence-electron chi connectivity index (χ4n) is 0.714. The van der Waals surface area contributed by atoms with Crippen LogP contribution < -0.4 is 0 Å². The van der Waals surface area contributed by atoms with Crippen molar-refractivity contribution in [2.24, 2.45) is 0 Å². The molecule has 0 rings (SSSR count). The molecule has 0 saturated heterocycles. The number of hydrogen-bond donors (Lipinski definition) is 7. The van der Waals surface area contributed by atoms with Crippen molar-refractivity contribution in [3.8, 4) is 0 Å². The minimum absolute atomic E-state index is 0. The van der Waals surface area contributed by atoms with Crippen LogP contribution in [-0.4, -0.2) is 264 Å². The first-order valence-corrected chi connectivity index (χ1v) is 5.52. The Labute approximate surface area is 295 Å². The predicted molar refractivity (Wildman–Crippen MR) is 80.0 cm³/mol. The van der Waals surface area contributed by atoms with Gasteiger partial charge in [-0.25, -0.2) is 9.36 Å². The van der Waals surface area contributed by atoms with E-state index in [2.05, 4.69) is 0 Å². The van der Waals surface area contributed by atoms with Gasteiger partial charge in [0.25, 0.3) is 0 Å². The molecule has 0 radical (unpaired) electrons. The van der Waals surface area contributed by atoms with E-state index in [9.17, 15) is 14.4 Å². The summed E-state index contributed by atoms with van der Waals surface area (Å²) in [6.07, 6.45) is -2.29. The van der Waals surface area contributed by atoms with Crippen molar-refractivity contribution < 1.29 is 54.1 Å². The summed E-state index contributed by atoms with van der Waals surface area (Å²) in [5.74, 6) is -5.02. The molecule has 0 saturated carbocycles. The van der Waals surface area contributed by atoms with Crippen molar-refractivity contribution in [3.63, 3.8) is 0 Å². The summed E-state index contributed by atoms with van der Waals surface area (Å²) in [6.45, 7) is 0. The van der Waals surface area contributed by atoms with Crippen molar-refractivity contribution in [2.45, 2.75) is 18.4 Å². The van der Waals surface area contributed by atoms with Gasteiger partial charge in [-0.3, -0.25) is 9.59 Å². The molecule has 0 aromatic heterocycles. The Hall–Kier alpha value is 5.03. The molecule has 7 N–H and O–H groups in total. The Morgan fingerprint density at radius 3 is 1.05 bits per heavy atom. The molecule has 0 atom stereocenters. The molecular formula is C6H15K4O11P. The number of aliphatic hydroxyl groups is 1. The van der Waals surface area contributed by atoms with Crippen LogP contribution in [0.3, 0.4) is 0 Å². The number of carboxylic acids is 3. The molecule has 0 aromatic carbocycles. The topological polar surface area (TPSA) is 210 Å². The zero-order chi connectivity index (χ0) is 15.1. The molecule has 0 heterocycles. The second-order valence-corrected chi connectivity index (χ2v) is 4.02. The summed E-state index contributed by atoms with van der Waals surface area (Å²) in [5, 5.41) is 33.8. The number of carboxylic acid groups (broad SMARTS) is 3. The normalized spacial score (nSPS) is 9.09. The van der Waals surface area contributed by atoms with Crippen LogP contribution >= 0.6 is 7.82 Å². The first-order valence-electron chi connectivity index (χ1n) is 3.95. The molecule has 0 aliphatic rings. The third-order valence-electron chi connectivity index (χ3n) is 1.29. The molecule has 0 bridgehead atoms. The molecule has 22 heavy (non-hydrogen) atoms. The SMILES string of the molecule is O=C(O)CC(O)(CC(=O)O)C(=O)O.O=P(O)(O)O.[KH].[KH].[KH].[KH]. The third kappa shape index (κ3) is 32.7. The maximum atomic E-state index is 10.3. The van der Waals surface area contributed by atoms with Crippen LogP contribution in [0.1, 0.15) is 12.8 Å². The average molecular weight is 451 g/mol. The Morgan fingerprint density at radius 2 is 0.955 bits per heavy atom. The van der Waals surface area contributed by atoms with Crippen molar-refractivity contribution >= 4 is 231 Å². The molecule has 16 heteroatoms. The molecule has 114 valence electrons. The van der Waals surface area contributed by atoms with Gasteiger partial charge in [0.2, 0.25) is 0 Å². The Balaban J connectivity index is -0.0000000627. The maximum absolute atomic E-state index is 10.3.